The van der Waals surface area contributed by atoms with Crippen molar-refractivity contribution in [3.8, 4) is 0 Å². The molecule has 6 rings (SSSR count). The molecular weight excluding hydrogens is 705 g/mol. The number of aliphatic imine (C=N–C) groups is 1. The van der Waals surface area contributed by atoms with Crippen molar-refractivity contribution >= 4 is 55.9 Å². The lowest BCUT2D eigenvalue weighted by Gasteiger charge is -2.37. The maximum Gasteiger partial charge on any atom is 0.287 e. The summed E-state index contributed by atoms with van der Waals surface area (Å²) in [6, 6.07) is 6.96. The summed E-state index contributed by atoms with van der Waals surface area (Å²) < 4.78 is 26.1. The van der Waals surface area contributed by atoms with Gasteiger partial charge in [-0.1, -0.05) is 55.5 Å². The van der Waals surface area contributed by atoms with Gasteiger partial charge in [0.2, 0.25) is 11.7 Å². The second-order valence-electron chi connectivity index (χ2n) is 14.9. The number of aromatic nitrogens is 4. The number of rotatable bonds is 10. The van der Waals surface area contributed by atoms with Crippen LogP contribution in [0.25, 0.3) is 10.9 Å². The van der Waals surface area contributed by atoms with Crippen LogP contribution in [-0.2, 0) is 34.6 Å². The van der Waals surface area contributed by atoms with Gasteiger partial charge < -0.3 is 21.1 Å². The fourth-order valence-electron chi connectivity index (χ4n) is 7.65. The van der Waals surface area contributed by atoms with Crippen molar-refractivity contribution in [1.29, 1.82) is 0 Å². The van der Waals surface area contributed by atoms with E-state index in [-0.39, 0.29) is 49.4 Å². The lowest BCUT2D eigenvalue weighted by atomic mass is 9.85. The second kappa shape index (κ2) is 14.9. The van der Waals surface area contributed by atoms with E-state index in [9.17, 15) is 37.5 Å². The molecule has 2 aromatic heterocycles. The molecule has 1 aliphatic carbocycles. The van der Waals surface area contributed by atoms with Crippen LogP contribution in [0.15, 0.2) is 47.7 Å². The highest BCUT2D eigenvalue weighted by Crippen LogP contribution is 2.34. The summed E-state index contributed by atoms with van der Waals surface area (Å²) in [5.74, 6) is -5.48. The Labute approximate surface area is 306 Å². The zero-order chi connectivity index (χ0) is 38.1. The quantitative estimate of drug-likeness (QED) is 0.199. The van der Waals surface area contributed by atoms with Gasteiger partial charge in [-0.15, -0.1) is 5.10 Å². The van der Waals surface area contributed by atoms with Crippen LogP contribution in [0.1, 0.15) is 93.7 Å². The van der Waals surface area contributed by atoms with E-state index in [4.69, 9.17) is 5.73 Å². The number of nitrogens with one attached hydrogen (secondary N) is 1. The number of para-hydroxylation sites is 1. The number of benzene rings is 1. The molecule has 0 radical (unpaired) electrons. The molecule has 4 heterocycles. The number of aliphatic hydroxyl groups is 1. The van der Waals surface area contributed by atoms with Crippen LogP contribution in [0, 0.1) is 5.92 Å². The molecule has 2 aliphatic heterocycles. The Hall–Kier alpha value is -4.90. The van der Waals surface area contributed by atoms with Crippen LogP contribution in [0.2, 0.25) is 0 Å². The van der Waals surface area contributed by atoms with Crippen molar-refractivity contribution in [1.82, 2.24) is 30.2 Å². The number of pyridine rings is 1. The van der Waals surface area contributed by atoms with Crippen LogP contribution in [-0.4, -0.2) is 103 Å². The van der Waals surface area contributed by atoms with Crippen LogP contribution >= 0.6 is 0 Å². The number of Topliss-reactive ketones (excluding diaryl/α,β-unsaturated/α-hetero) is 1. The highest BCUT2D eigenvalue weighted by molar-refractivity contribution is 7.91. The average Bonchev–Trinajstić information content (AvgIpc) is 3.81. The van der Waals surface area contributed by atoms with Gasteiger partial charge in [0.25, 0.3) is 17.7 Å². The van der Waals surface area contributed by atoms with E-state index in [0.29, 0.717) is 11.2 Å². The van der Waals surface area contributed by atoms with Crippen molar-refractivity contribution in [3.63, 3.8) is 0 Å². The first-order valence-electron chi connectivity index (χ1n) is 17.8. The first-order chi connectivity index (χ1) is 25.1. The number of carbonyl (C=O) groups is 5. The molecule has 1 saturated carbocycles. The third kappa shape index (κ3) is 8.20. The van der Waals surface area contributed by atoms with Crippen molar-refractivity contribution in [2.75, 3.05) is 18.1 Å². The summed E-state index contributed by atoms with van der Waals surface area (Å²) in [6.07, 6.45) is 6.82. The summed E-state index contributed by atoms with van der Waals surface area (Å²) >= 11 is 0. The lowest BCUT2D eigenvalue weighted by Crippen LogP contribution is -2.64. The van der Waals surface area contributed by atoms with Gasteiger partial charge in [0.1, 0.15) is 22.9 Å². The topological polar surface area (TPSA) is 237 Å². The zero-order valence-electron chi connectivity index (χ0n) is 29.7. The van der Waals surface area contributed by atoms with E-state index in [1.165, 1.54) is 22.0 Å². The van der Waals surface area contributed by atoms with Crippen LogP contribution in [0.3, 0.4) is 0 Å². The highest BCUT2D eigenvalue weighted by atomic mass is 32.2. The van der Waals surface area contributed by atoms with Gasteiger partial charge in [-0.2, -0.15) is 0 Å². The Morgan fingerprint density at radius 3 is 2.43 bits per heavy atom. The largest absolute Gasteiger partial charge is 0.384 e. The number of likely N-dealkylation sites (tertiary alicyclic amines) is 1. The van der Waals surface area contributed by atoms with E-state index in [1.54, 1.807) is 19.9 Å². The number of fused-ring (bicyclic) bond motifs is 1. The molecule has 4 N–H and O–H groups in total. The van der Waals surface area contributed by atoms with E-state index >= 15 is 0 Å². The van der Waals surface area contributed by atoms with Gasteiger partial charge in [0.05, 0.1) is 40.5 Å². The third-order valence-corrected chi connectivity index (χ3v) is 12.3. The summed E-state index contributed by atoms with van der Waals surface area (Å²) in [4.78, 5) is 78.2. The van der Waals surface area contributed by atoms with E-state index in [0.717, 1.165) is 37.5 Å². The van der Waals surface area contributed by atoms with Gasteiger partial charge in [-0.3, -0.25) is 29.0 Å². The van der Waals surface area contributed by atoms with E-state index in [2.05, 4.69) is 25.6 Å². The first kappa shape index (κ1) is 37.8. The van der Waals surface area contributed by atoms with Gasteiger partial charge >= 0.3 is 0 Å². The van der Waals surface area contributed by atoms with Gasteiger partial charge in [-0.05, 0) is 51.2 Å². The first-order valence-corrected chi connectivity index (χ1v) is 19.7. The van der Waals surface area contributed by atoms with Gasteiger partial charge in [0, 0.05) is 24.5 Å². The molecule has 0 unspecified atom stereocenters. The normalized spacial score (nSPS) is 22.0. The molecule has 2 saturated heterocycles. The maximum absolute atomic E-state index is 14.7. The Kier molecular flexibility index (Phi) is 10.6. The molecule has 3 aliphatic rings. The molecule has 0 spiro atoms. The van der Waals surface area contributed by atoms with Crippen molar-refractivity contribution in [2.24, 2.45) is 16.6 Å². The minimum absolute atomic E-state index is 0.0403. The van der Waals surface area contributed by atoms with Crippen molar-refractivity contribution in [2.45, 2.75) is 94.9 Å². The maximum atomic E-state index is 14.7. The van der Waals surface area contributed by atoms with Crippen LogP contribution in [0.5, 0.6) is 0 Å². The molecule has 1 aromatic carbocycles. The molecule has 16 nitrogen and oxygen atoms in total. The molecule has 3 aromatic rings. The zero-order valence-corrected chi connectivity index (χ0v) is 30.5. The van der Waals surface area contributed by atoms with Crippen LogP contribution < -0.4 is 11.1 Å². The Morgan fingerprint density at radius 1 is 1.06 bits per heavy atom. The van der Waals surface area contributed by atoms with Crippen molar-refractivity contribution < 1.29 is 37.5 Å². The molecule has 17 heteroatoms. The fraction of sp³-hybridized carbons (Fsp3) is 0.528. The molecule has 282 valence electrons. The van der Waals surface area contributed by atoms with Crippen LogP contribution in [0.4, 0.5) is 0 Å². The number of ketones is 1. The number of hydrogen-bond donors (Lipinski definition) is 3. The molecule has 3 fully saturated rings. The second-order valence-corrected chi connectivity index (χ2v) is 17.2. The average molecular weight is 749 g/mol. The predicted molar refractivity (Wildman–Crippen MR) is 192 cm³/mol. The number of sulfone groups is 1. The number of hydrogen-bond acceptors (Lipinski definition) is 11. The molecule has 2 atom stereocenters. The van der Waals surface area contributed by atoms with Gasteiger partial charge in [0.15, 0.2) is 9.84 Å². The number of primary amides is 1. The number of nitrogens with two attached hydrogens (primary N) is 1. The lowest BCUT2D eigenvalue weighted by molar-refractivity contribution is -0.143. The van der Waals surface area contributed by atoms with E-state index < -0.39 is 74.0 Å². The number of carbonyl (C=O) groups excluding carboxylic acids is 5. The molecule has 4 amide bonds. The molecular formula is C36H44N8O8S. The SMILES string of the molecule is CC(C)(O)c1cnnn1[C@H]1C[C@@H](C(=O)NC2(C(=O)C(N)=O)CCS(=O)(=O)CC2)N(C(=O)/C(CC2CCCCC2)=N/C(=O)c2cnc3ccccc3c2)C1. The summed E-state index contributed by atoms with van der Waals surface area (Å²) in [7, 11) is -3.54. The third-order valence-electron chi connectivity index (χ3n) is 10.6. The Bertz CT molecular complexity index is 2070. The van der Waals surface area contributed by atoms with Crippen molar-refractivity contribution in [3.05, 3.63) is 54.0 Å². The Morgan fingerprint density at radius 2 is 1.75 bits per heavy atom. The monoisotopic (exact) mass is 748 g/mol. The summed E-state index contributed by atoms with van der Waals surface area (Å²) in [6.45, 7) is 2.98. The molecule has 53 heavy (non-hydrogen) atoms. The molecule has 0 bridgehead atoms. The number of amides is 4. The number of nitrogens with zero attached hydrogens (tertiary/aromatic N) is 6. The summed E-state index contributed by atoms with van der Waals surface area (Å²) in [5, 5.41) is 22.3. The minimum atomic E-state index is -3.54. The fourth-order valence-corrected chi connectivity index (χ4v) is 9.18. The smallest absolute Gasteiger partial charge is 0.287 e. The summed E-state index contributed by atoms with van der Waals surface area (Å²) in [5.41, 5.74) is 3.24. The van der Waals surface area contributed by atoms with E-state index in [1.807, 2.05) is 24.3 Å². The standard InChI is InChI=1S/C36H44N8O8S/c1-35(2,50)29-20-39-42-44(29)25-18-28(33(48)41-36(30(45)31(37)46)12-14-53(51,52)15-13-36)43(21-25)34(49)27(16-22-8-4-3-5-9-22)40-32(47)24-17-23-10-6-7-11-26(23)38-19-24/h6-7,10-11,17,19-20,22,25,28,50H,3-5,8-9,12-16,18,21H2,1-2H3,(H2,37,46)(H,41,48)/b40-27+/t25-,28-/m0/s1. The Balaban J connectivity index is 1.38. The highest BCUT2D eigenvalue weighted by Gasteiger charge is 2.50. The predicted octanol–water partition coefficient (Wildman–Crippen LogP) is 1.57. The minimum Gasteiger partial charge on any atom is -0.384 e. The van der Waals surface area contributed by atoms with Gasteiger partial charge in [-0.25, -0.2) is 18.1 Å².